The molecule has 0 radical (unpaired) electrons. The molecule has 0 atom stereocenters. The summed E-state index contributed by atoms with van der Waals surface area (Å²) in [5.74, 6) is 0.0370. The third-order valence-corrected chi connectivity index (χ3v) is 1.87. The predicted molar refractivity (Wildman–Crippen MR) is 66.5 cm³/mol. The first kappa shape index (κ1) is 14.9. The van der Waals surface area contributed by atoms with Crippen molar-refractivity contribution in [3.63, 3.8) is 0 Å². The molecule has 0 heterocycles. The van der Waals surface area contributed by atoms with Crippen LogP contribution in [0.3, 0.4) is 0 Å². The monoisotopic (exact) mass is 227 g/mol. The number of hydrogen-bond donors (Lipinski definition) is 1. The van der Waals surface area contributed by atoms with Crippen LogP contribution in [0.25, 0.3) is 0 Å². The molecule has 92 valence electrons. The van der Waals surface area contributed by atoms with Crippen molar-refractivity contribution in [3.8, 4) is 5.75 Å². The Morgan fingerprint density at radius 3 is 2.56 bits per heavy atom. The van der Waals surface area contributed by atoms with Gasteiger partial charge in [-0.3, -0.25) is 0 Å². The van der Waals surface area contributed by atoms with Gasteiger partial charge in [-0.15, -0.1) is 0 Å². The van der Waals surface area contributed by atoms with Gasteiger partial charge in [0.25, 0.3) is 0 Å². The first-order valence-electron chi connectivity index (χ1n) is 5.83. The standard InChI is InChI=1S/C11H16FNO.C2H6/c1-3-13-6-7-14-11-5-4-9(2)8-10(11)12;1-2/h4-5,8,13H,3,6-7H2,1-2H3;1-2H3. The first-order chi connectivity index (χ1) is 7.74. The SMILES string of the molecule is CC.CCNCCOc1ccc(C)cc1F. The Morgan fingerprint density at radius 1 is 1.31 bits per heavy atom. The summed E-state index contributed by atoms with van der Waals surface area (Å²) < 4.78 is 18.5. The lowest BCUT2D eigenvalue weighted by Gasteiger charge is -2.07. The summed E-state index contributed by atoms with van der Waals surface area (Å²) in [5, 5.41) is 3.10. The van der Waals surface area contributed by atoms with Crippen LogP contribution in [0.4, 0.5) is 4.39 Å². The third-order valence-electron chi connectivity index (χ3n) is 1.87. The zero-order valence-electron chi connectivity index (χ0n) is 10.6. The van der Waals surface area contributed by atoms with Gasteiger partial charge in [0.2, 0.25) is 0 Å². The number of benzene rings is 1. The van der Waals surface area contributed by atoms with E-state index in [-0.39, 0.29) is 5.82 Å². The van der Waals surface area contributed by atoms with Crippen molar-refractivity contribution in [2.75, 3.05) is 19.7 Å². The number of hydrogen-bond acceptors (Lipinski definition) is 2. The maximum Gasteiger partial charge on any atom is 0.165 e. The Kier molecular flexibility index (Phi) is 8.53. The Labute approximate surface area is 97.8 Å². The van der Waals surface area contributed by atoms with Gasteiger partial charge in [0, 0.05) is 6.54 Å². The van der Waals surface area contributed by atoms with E-state index in [4.69, 9.17) is 4.74 Å². The molecular formula is C13H22FNO. The zero-order chi connectivity index (χ0) is 12.4. The molecule has 1 aromatic carbocycles. The number of aryl methyl sites for hydroxylation is 1. The molecule has 0 spiro atoms. The van der Waals surface area contributed by atoms with Gasteiger partial charge >= 0.3 is 0 Å². The topological polar surface area (TPSA) is 21.3 Å². The molecule has 0 aliphatic heterocycles. The minimum absolute atomic E-state index is 0.290. The highest BCUT2D eigenvalue weighted by Gasteiger charge is 2.01. The van der Waals surface area contributed by atoms with Gasteiger partial charge in [0.15, 0.2) is 11.6 Å². The number of rotatable bonds is 5. The molecule has 1 rings (SSSR count). The summed E-state index contributed by atoms with van der Waals surface area (Å²) >= 11 is 0. The van der Waals surface area contributed by atoms with E-state index in [9.17, 15) is 4.39 Å². The summed E-state index contributed by atoms with van der Waals surface area (Å²) in [5.41, 5.74) is 0.904. The van der Waals surface area contributed by atoms with Crippen LogP contribution in [0.1, 0.15) is 26.3 Å². The molecule has 0 aliphatic carbocycles. The summed E-state index contributed by atoms with van der Waals surface area (Å²) in [6, 6.07) is 4.98. The minimum Gasteiger partial charge on any atom is -0.489 e. The van der Waals surface area contributed by atoms with E-state index < -0.39 is 0 Å². The maximum atomic E-state index is 13.2. The van der Waals surface area contributed by atoms with Gasteiger partial charge in [0.05, 0.1) is 0 Å². The van der Waals surface area contributed by atoms with Crippen LogP contribution in [0.15, 0.2) is 18.2 Å². The van der Waals surface area contributed by atoms with Crippen LogP contribution in [0.5, 0.6) is 5.75 Å². The summed E-state index contributed by atoms with van der Waals surface area (Å²) in [6.45, 7) is 10.0. The summed E-state index contributed by atoms with van der Waals surface area (Å²) in [4.78, 5) is 0. The van der Waals surface area contributed by atoms with Crippen molar-refractivity contribution in [1.82, 2.24) is 5.32 Å². The van der Waals surface area contributed by atoms with Crippen molar-refractivity contribution in [2.45, 2.75) is 27.7 Å². The van der Waals surface area contributed by atoms with Crippen LogP contribution in [0.2, 0.25) is 0 Å². The second-order valence-electron chi connectivity index (χ2n) is 3.14. The van der Waals surface area contributed by atoms with Gasteiger partial charge in [-0.25, -0.2) is 4.39 Å². The van der Waals surface area contributed by atoms with Crippen molar-refractivity contribution in [2.24, 2.45) is 0 Å². The van der Waals surface area contributed by atoms with E-state index in [2.05, 4.69) is 5.32 Å². The smallest absolute Gasteiger partial charge is 0.165 e. The lowest BCUT2D eigenvalue weighted by atomic mass is 10.2. The summed E-state index contributed by atoms with van der Waals surface area (Å²) in [7, 11) is 0. The molecule has 0 saturated carbocycles. The lowest BCUT2D eigenvalue weighted by Crippen LogP contribution is -2.20. The predicted octanol–water partition coefficient (Wildman–Crippen LogP) is 3.15. The van der Waals surface area contributed by atoms with E-state index in [1.807, 2.05) is 33.8 Å². The molecule has 0 unspecified atom stereocenters. The van der Waals surface area contributed by atoms with E-state index in [0.717, 1.165) is 18.7 Å². The first-order valence-corrected chi connectivity index (χ1v) is 5.83. The second kappa shape index (κ2) is 9.16. The highest BCUT2D eigenvalue weighted by molar-refractivity contribution is 5.28. The lowest BCUT2D eigenvalue weighted by molar-refractivity contribution is 0.300. The largest absolute Gasteiger partial charge is 0.489 e. The number of nitrogens with one attached hydrogen (secondary N) is 1. The molecule has 16 heavy (non-hydrogen) atoms. The molecule has 0 saturated heterocycles. The average molecular weight is 227 g/mol. The van der Waals surface area contributed by atoms with E-state index in [0.29, 0.717) is 12.4 Å². The van der Waals surface area contributed by atoms with Gasteiger partial charge in [-0.05, 0) is 31.2 Å². The summed E-state index contributed by atoms with van der Waals surface area (Å²) in [6.07, 6.45) is 0. The van der Waals surface area contributed by atoms with Gasteiger partial charge in [0.1, 0.15) is 6.61 Å². The Balaban J connectivity index is 0.00000106. The third kappa shape index (κ3) is 5.71. The molecule has 0 bridgehead atoms. The Morgan fingerprint density at radius 2 is 2.00 bits per heavy atom. The van der Waals surface area contributed by atoms with Crippen molar-refractivity contribution < 1.29 is 9.13 Å². The molecule has 0 amide bonds. The number of ether oxygens (including phenoxy) is 1. The fourth-order valence-electron chi connectivity index (χ4n) is 1.13. The van der Waals surface area contributed by atoms with E-state index in [1.165, 1.54) is 6.07 Å². The van der Waals surface area contributed by atoms with Crippen LogP contribution in [-0.4, -0.2) is 19.7 Å². The van der Waals surface area contributed by atoms with Gasteiger partial charge in [-0.2, -0.15) is 0 Å². The fourth-order valence-corrected chi connectivity index (χ4v) is 1.13. The molecular weight excluding hydrogens is 205 g/mol. The molecule has 0 aromatic heterocycles. The van der Waals surface area contributed by atoms with Crippen molar-refractivity contribution in [1.29, 1.82) is 0 Å². The van der Waals surface area contributed by atoms with Crippen molar-refractivity contribution in [3.05, 3.63) is 29.6 Å². The molecule has 2 nitrogen and oxygen atoms in total. The zero-order valence-corrected chi connectivity index (χ0v) is 10.6. The van der Waals surface area contributed by atoms with Crippen LogP contribution in [-0.2, 0) is 0 Å². The van der Waals surface area contributed by atoms with Gasteiger partial charge in [-0.1, -0.05) is 26.8 Å². The molecule has 1 N–H and O–H groups in total. The Hall–Kier alpha value is -1.09. The highest BCUT2D eigenvalue weighted by Crippen LogP contribution is 2.17. The molecule has 1 aromatic rings. The van der Waals surface area contributed by atoms with Crippen molar-refractivity contribution >= 4 is 0 Å². The van der Waals surface area contributed by atoms with E-state index >= 15 is 0 Å². The second-order valence-corrected chi connectivity index (χ2v) is 3.14. The van der Waals surface area contributed by atoms with Gasteiger partial charge < -0.3 is 10.1 Å². The number of likely N-dealkylation sites (N-methyl/N-ethyl adjacent to an activating group) is 1. The minimum atomic E-state index is -0.290. The quantitative estimate of drug-likeness (QED) is 0.780. The molecule has 3 heteroatoms. The highest BCUT2D eigenvalue weighted by atomic mass is 19.1. The van der Waals surface area contributed by atoms with Crippen LogP contribution >= 0.6 is 0 Å². The normalized spacial score (nSPS) is 9.31. The fraction of sp³-hybridized carbons (Fsp3) is 0.538. The van der Waals surface area contributed by atoms with E-state index in [1.54, 1.807) is 6.07 Å². The average Bonchev–Trinajstić information content (AvgIpc) is 2.29. The molecule has 0 fully saturated rings. The number of halogens is 1. The Bertz CT molecular complexity index is 289. The van der Waals surface area contributed by atoms with Crippen LogP contribution < -0.4 is 10.1 Å². The molecule has 0 aliphatic rings. The van der Waals surface area contributed by atoms with Crippen LogP contribution in [0, 0.1) is 12.7 Å². The maximum absolute atomic E-state index is 13.2.